The summed E-state index contributed by atoms with van der Waals surface area (Å²) < 4.78 is 11.8. The third-order valence-electron chi connectivity index (χ3n) is 5.27. The average Bonchev–Trinajstić information content (AvgIpc) is 3.28. The van der Waals surface area contributed by atoms with Gasteiger partial charge >= 0.3 is 0 Å². The molecule has 5 nitrogen and oxygen atoms in total. The lowest BCUT2D eigenvalue weighted by molar-refractivity contribution is -0.116. The molecule has 0 radical (unpaired) electrons. The molecular formula is C27H22N2O3. The lowest BCUT2D eigenvalue weighted by Crippen LogP contribution is -2.13. The first kappa shape index (κ1) is 19.8. The normalized spacial score (nSPS) is 11.0. The van der Waals surface area contributed by atoms with Crippen LogP contribution in [0.5, 0.6) is 5.75 Å². The van der Waals surface area contributed by atoms with Crippen LogP contribution in [-0.4, -0.2) is 17.5 Å². The molecule has 158 valence electrons. The van der Waals surface area contributed by atoms with E-state index in [1.807, 2.05) is 91.0 Å². The monoisotopic (exact) mass is 422 g/mol. The highest BCUT2D eigenvalue weighted by Gasteiger charge is 2.15. The Bertz CT molecular complexity index is 1380. The van der Waals surface area contributed by atoms with Gasteiger partial charge in [-0.2, -0.15) is 0 Å². The molecule has 0 spiro atoms. The van der Waals surface area contributed by atoms with E-state index in [-0.39, 0.29) is 5.91 Å². The highest BCUT2D eigenvalue weighted by molar-refractivity contribution is 6.04. The van der Waals surface area contributed by atoms with Crippen molar-refractivity contribution >= 4 is 33.5 Å². The zero-order valence-electron chi connectivity index (χ0n) is 17.5. The number of rotatable bonds is 7. The summed E-state index contributed by atoms with van der Waals surface area (Å²) in [6.45, 7) is 0.483. The fraction of sp³-hybridized carbons (Fsp3) is 0.111. The smallest absolute Gasteiger partial charge is 0.229 e. The summed E-state index contributed by atoms with van der Waals surface area (Å²) in [6, 6.07) is 29.2. The Morgan fingerprint density at radius 2 is 1.66 bits per heavy atom. The molecule has 1 heterocycles. The third-order valence-corrected chi connectivity index (χ3v) is 5.27. The van der Waals surface area contributed by atoms with Crippen molar-refractivity contribution in [1.82, 2.24) is 4.98 Å². The minimum Gasteiger partial charge on any atom is -0.494 e. The van der Waals surface area contributed by atoms with E-state index in [2.05, 4.69) is 10.3 Å². The van der Waals surface area contributed by atoms with Gasteiger partial charge in [-0.1, -0.05) is 60.7 Å². The number of anilines is 1. The number of amides is 1. The van der Waals surface area contributed by atoms with Crippen LogP contribution in [-0.2, 0) is 4.79 Å². The summed E-state index contributed by atoms with van der Waals surface area (Å²) in [7, 11) is 0. The number of oxazole rings is 1. The van der Waals surface area contributed by atoms with Gasteiger partial charge in [0.05, 0.1) is 17.9 Å². The second-order valence-electron chi connectivity index (χ2n) is 7.51. The summed E-state index contributed by atoms with van der Waals surface area (Å²) in [6.07, 6.45) is 0.983. The Balaban J connectivity index is 1.31. The van der Waals surface area contributed by atoms with Crippen LogP contribution >= 0.6 is 0 Å². The minimum atomic E-state index is -0.0735. The molecule has 0 bridgehead atoms. The first-order valence-electron chi connectivity index (χ1n) is 10.6. The number of ether oxygens (including phenoxy) is 1. The van der Waals surface area contributed by atoms with Gasteiger partial charge in [-0.05, 0) is 42.1 Å². The van der Waals surface area contributed by atoms with Gasteiger partial charge in [0.2, 0.25) is 11.8 Å². The van der Waals surface area contributed by atoms with Gasteiger partial charge in [-0.25, -0.2) is 4.98 Å². The molecule has 1 aromatic heterocycles. The SMILES string of the molecule is O=C(CCCOc1ccccc1)Nc1ccccc1-c1nc2ccc3ccccc3c2o1. The molecule has 32 heavy (non-hydrogen) atoms. The Morgan fingerprint density at radius 3 is 2.56 bits per heavy atom. The summed E-state index contributed by atoms with van der Waals surface area (Å²) in [4.78, 5) is 17.2. The van der Waals surface area contributed by atoms with E-state index >= 15 is 0 Å². The molecule has 0 aliphatic heterocycles. The molecule has 0 atom stereocenters. The van der Waals surface area contributed by atoms with Crippen molar-refractivity contribution in [1.29, 1.82) is 0 Å². The van der Waals surface area contributed by atoms with Gasteiger partial charge in [0.25, 0.3) is 0 Å². The van der Waals surface area contributed by atoms with Crippen molar-refractivity contribution in [3.05, 3.63) is 91.0 Å². The molecule has 0 unspecified atom stereocenters. The summed E-state index contributed by atoms with van der Waals surface area (Å²) >= 11 is 0. The lowest BCUT2D eigenvalue weighted by atomic mass is 10.1. The maximum absolute atomic E-state index is 12.5. The molecule has 4 aromatic carbocycles. The number of aromatic nitrogens is 1. The Morgan fingerprint density at radius 1 is 0.875 bits per heavy atom. The Kier molecular flexibility index (Phi) is 5.54. The molecule has 1 N–H and O–H groups in total. The largest absolute Gasteiger partial charge is 0.494 e. The quantitative estimate of drug-likeness (QED) is 0.306. The maximum Gasteiger partial charge on any atom is 0.229 e. The first-order chi connectivity index (χ1) is 15.8. The van der Waals surface area contributed by atoms with Gasteiger partial charge in [0.15, 0.2) is 5.58 Å². The van der Waals surface area contributed by atoms with Crippen LogP contribution in [0.3, 0.4) is 0 Å². The average molecular weight is 422 g/mol. The van der Waals surface area contributed by atoms with E-state index in [0.717, 1.165) is 33.2 Å². The zero-order chi connectivity index (χ0) is 21.8. The van der Waals surface area contributed by atoms with E-state index < -0.39 is 0 Å². The van der Waals surface area contributed by atoms with Crippen LogP contribution in [0.2, 0.25) is 0 Å². The van der Waals surface area contributed by atoms with E-state index in [1.165, 1.54) is 0 Å². The number of nitrogens with one attached hydrogen (secondary N) is 1. The topological polar surface area (TPSA) is 64.4 Å². The molecule has 0 saturated carbocycles. The predicted octanol–water partition coefficient (Wildman–Crippen LogP) is 6.45. The zero-order valence-corrected chi connectivity index (χ0v) is 17.5. The molecular weight excluding hydrogens is 400 g/mol. The molecule has 1 amide bonds. The summed E-state index contributed by atoms with van der Waals surface area (Å²) in [5.74, 6) is 1.22. The van der Waals surface area contributed by atoms with Crippen LogP contribution in [0.4, 0.5) is 5.69 Å². The van der Waals surface area contributed by atoms with Gasteiger partial charge in [-0.3, -0.25) is 4.79 Å². The predicted molar refractivity (Wildman–Crippen MR) is 127 cm³/mol. The van der Waals surface area contributed by atoms with E-state index in [0.29, 0.717) is 31.0 Å². The van der Waals surface area contributed by atoms with Crippen LogP contribution in [0, 0.1) is 0 Å². The summed E-state index contributed by atoms with van der Waals surface area (Å²) in [5.41, 5.74) is 2.97. The van der Waals surface area contributed by atoms with Crippen molar-refractivity contribution in [3.63, 3.8) is 0 Å². The molecule has 5 rings (SSSR count). The standard InChI is InChI=1S/C27H22N2O3/c30-25(15-8-18-31-20-10-2-1-3-11-20)28-23-14-7-6-13-22(23)27-29-24-17-16-19-9-4-5-12-21(19)26(24)32-27/h1-7,9-14,16-17H,8,15,18H2,(H,28,30). The summed E-state index contributed by atoms with van der Waals surface area (Å²) in [5, 5.41) is 5.11. The highest BCUT2D eigenvalue weighted by Crippen LogP contribution is 2.33. The number of fused-ring (bicyclic) bond motifs is 3. The minimum absolute atomic E-state index is 0.0735. The number of hydrogen-bond donors (Lipinski definition) is 1. The van der Waals surface area contributed by atoms with Crippen LogP contribution in [0.1, 0.15) is 12.8 Å². The van der Waals surface area contributed by atoms with Crippen molar-refractivity contribution < 1.29 is 13.9 Å². The van der Waals surface area contributed by atoms with Gasteiger partial charge in [0.1, 0.15) is 11.3 Å². The van der Waals surface area contributed by atoms with Gasteiger partial charge < -0.3 is 14.5 Å². The molecule has 0 aliphatic carbocycles. The molecule has 5 aromatic rings. The molecule has 0 fully saturated rings. The van der Waals surface area contributed by atoms with Crippen molar-refractivity contribution in [2.24, 2.45) is 0 Å². The first-order valence-corrected chi connectivity index (χ1v) is 10.6. The van der Waals surface area contributed by atoms with Crippen molar-refractivity contribution in [2.75, 3.05) is 11.9 Å². The number of carbonyl (C=O) groups excluding carboxylic acids is 1. The number of hydrogen-bond acceptors (Lipinski definition) is 4. The Hall–Kier alpha value is -4.12. The lowest BCUT2D eigenvalue weighted by Gasteiger charge is -2.09. The number of nitrogens with zero attached hydrogens (tertiary/aromatic N) is 1. The van der Waals surface area contributed by atoms with Crippen LogP contribution in [0.15, 0.2) is 95.4 Å². The van der Waals surface area contributed by atoms with Crippen molar-refractivity contribution in [2.45, 2.75) is 12.8 Å². The van der Waals surface area contributed by atoms with Gasteiger partial charge in [-0.15, -0.1) is 0 Å². The number of carbonyl (C=O) groups is 1. The Labute approximate surface area is 185 Å². The fourth-order valence-electron chi connectivity index (χ4n) is 3.70. The highest BCUT2D eigenvalue weighted by atomic mass is 16.5. The van der Waals surface area contributed by atoms with E-state index in [4.69, 9.17) is 9.15 Å². The third kappa shape index (κ3) is 4.18. The number of benzene rings is 4. The van der Waals surface area contributed by atoms with Crippen molar-refractivity contribution in [3.8, 4) is 17.2 Å². The van der Waals surface area contributed by atoms with Crippen LogP contribution < -0.4 is 10.1 Å². The van der Waals surface area contributed by atoms with E-state index in [1.54, 1.807) is 0 Å². The molecule has 5 heteroatoms. The number of para-hydroxylation sites is 2. The van der Waals surface area contributed by atoms with Crippen LogP contribution in [0.25, 0.3) is 33.3 Å². The van der Waals surface area contributed by atoms with Gasteiger partial charge in [0, 0.05) is 11.8 Å². The molecule has 0 saturated heterocycles. The van der Waals surface area contributed by atoms with E-state index in [9.17, 15) is 4.79 Å². The second-order valence-corrected chi connectivity index (χ2v) is 7.51. The second kappa shape index (κ2) is 8.94. The fourth-order valence-corrected chi connectivity index (χ4v) is 3.70. The molecule has 0 aliphatic rings. The maximum atomic E-state index is 12.5.